The van der Waals surface area contributed by atoms with Crippen LogP contribution in [0.2, 0.25) is 0 Å². The molecule has 0 amide bonds. The monoisotopic (exact) mass is 197 g/mol. The van der Waals surface area contributed by atoms with Crippen LogP contribution in [0.1, 0.15) is 27.2 Å². The van der Waals surface area contributed by atoms with E-state index in [1.807, 2.05) is 0 Å². The highest BCUT2D eigenvalue weighted by molar-refractivity contribution is 5.80. The highest BCUT2D eigenvalue weighted by Crippen LogP contribution is 2.08. The molecular formula is C11H23N3. The van der Waals surface area contributed by atoms with Crippen LogP contribution < -0.4 is 5.32 Å². The minimum atomic E-state index is 0.702. The molecule has 0 bridgehead atoms. The number of rotatable bonds is 3. The summed E-state index contributed by atoms with van der Waals surface area (Å²) >= 11 is 0. The Hall–Kier alpha value is -0.730. The Morgan fingerprint density at radius 3 is 2.71 bits per heavy atom. The molecule has 1 aliphatic rings. The number of hydrogen-bond acceptors (Lipinski definition) is 3. The second-order valence-corrected chi connectivity index (χ2v) is 4.58. The van der Waals surface area contributed by atoms with E-state index in [1.165, 1.54) is 6.42 Å². The zero-order valence-corrected chi connectivity index (χ0v) is 9.88. The molecule has 0 aromatic carbocycles. The van der Waals surface area contributed by atoms with E-state index in [0.29, 0.717) is 5.92 Å². The van der Waals surface area contributed by atoms with E-state index in [0.717, 1.165) is 31.5 Å². The first-order chi connectivity index (χ1) is 6.61. The van der Waals surface area contributed by atoms with Crippen LogP contribution in [0.5, 0.6) is 0 Å². The standard InChI is InChI=1S/C11H23N3/c1-9(2)10(3)8-13-11-12-6-5-7-14(11)4/h9-10H,5-8H2,1-4H3,(H,12,13). The van der Waals surface area contributed by atoms with E-state index in [-0.39, 0.29) is 0 Å². The van der Waals surface area contributed by atoms with E-state index < -0.39 is 0 Å². The molecular weight excluding hydrogens is 174 g/mol. The van der Waals surface area contributed by atoms with Gasteiger partial charge in [-0.25, -0.2) is 0 Å². The molecule has 82 valence electrons. The quantitative estimate of drug-likeness (QED) is 0.743. The van der Waals surface area contributed by atoms with Gasteiger partial charge in [-0.1, -0.05) is 20.8 Å². The van der Waals surface area contributed by atoms with Crippen LogP contribution >= 0.6 is 0 Å². The molecule has 0 aromatic rings. The van der Waals surface area contributed by atoms with Crippen molar-refractivity contribution in [2.24, 2.45) is 16.8 Å². The fourth-order valence-corrected chi connectivity index (χ4v) is 1.40. The van der Waals surface area contributed by atoms with Crippen molar-refractivity contribution in [2.45, 2.75) is 27.2 Å². The molecule has 0 radical (unpaired) electrons. The fraction of sp³-hybridized carbons (Fsp3) is 0.909. The normalized spacial score (nSPS) is 19.5. The molecule has 1 heterocycles. The summed E-state index contributed by atoms with van der Waals surface area (Å²) in [5, 5.41) is 3.43. The molecule has 3 nitrogen and oxygen atoms in total. The molecule has 0 saturated heterocycles. The Morgan fingerprint density at radius 2 is 2.14 bits per heavy atom. The van der Waals surface area contributed by atoms with Gasteiger partial charge in [-0.3, -0.25) is 4.99 Å². The van der Waals surface area contributed by atoms with Gasteiger partial charge in [-0.05, 0) is 18.3 Å². The molecule has 1 unspecified atom stereocenters. The average Bonchev–Trinajstić information content (AvgIpc) is 2.16. The van der Waals surface area contributed by atoms with Crippen LogP contribution in [-0.2, 0) is 0 Å². The average molecular weight is 197 g/mol. The third kappa shape index (κ3) is 3.20. The summed E-state index contributed by atoms with van der Waals surface area (Å²) in [5.74, 6) is 2.51. The second kappa shape index (κ2) is 5.23. The van der Waals surface area contributed by atoms with Crippen molar-refractivity contribution in [1.29, 1.82) is 0 Å². The minimum absolute atomic E-state index is 0.702. The molecule has 1 atom stereocenters. The maximum Gasteiger partial charge on any atom is 0.193 e. The van der Waals surface area contributed by atoms with Gasteiger partial charge in [-0.15, -0.1) is 0 Å². The third-order valence-corrected chi connectivity index (χ3v) is 3.00. The van der Waals surface area contributed by atoms with E-state index in [2.05, 4.69) is 43.0 Å². The number of guanidine groups is 1. The van der Waals surface area contributed by atoms with Crippen LogP contribution in [0.4, 0.5) is 0 Å². The van der Waals surface area contributed by atoms with Gasteiger partial charge in [-0.2, -0.15) is 0 Å². The molecule has 14 heavy (non-hydrogen) atoms. The first-order valence-electron chi connectivity index (χ1n) is 5.60. The van der Waals surface area contributed by atoms with E-state index in [1.54, 1.807) is 0 Å². The lowest BCUT2D eigenvalue weighted by molar-refractivity contribution is 0.392. The van der Waals surface area contributed by atoms with Gasteiger partial charge in [0.25, 0.3) is 0 Å². The maximum absolute atomic E-state index is 4.47. The first kappa shape index (κ1) is 11.3. The van der Waals surface area contributed by atoms with Gasteiger partial charge < -0.3 is 10.2 Å². The zero-order chi connectivity index (χ0) is 10.6. The van der Waals surface area contributed by atoms with E-state index in [4.69, 9.17) is 0 Å². The highest BCUT2D eigenvalue weighted by atomic mass is 15.3. The molecule has 0 aliphatic carbocycles. The zero-order valence-electron chi connectivity index (χ0n) is 9.88. The summed E-state index contributed by atoms with van der Waals surface area (Å²) in [5.41, 5.74) is 0. The Labute approximate surface area is 87.6 Å². The highest BCUT2D eigenvalue weighted by Gasteiger charge is 2.12. The van der Waals surface area contributed by atoms with Crippen molar-refractivity contribution in [2.75, 3.05) is 26.7 Å². The number of aliphatic imine (C=N–C) groups is 1. The van der Waals surface area contributed by atoms with Crippen molar-refractivity contribution in [3.63, 3.8) is 0 Å². The molecule has 1 rings (SSSR count). The summed E-state index contributed by atoms with van der Waals surface area (Å²) in [6, 6.07) is 0. The van der Waals surface area contributed by atoms with Crippen molar-refractivity contribution in [3.8, 4) is 0 Å². The van der Waals surface area contributed by atoms with Gasteiger partial charge in [0.05, 0.1) is 0 Å². The molecule has 0 saturated carbocycles. The Balaban J connectivity index is 2.33. The predicted octanol–water partition coefficient (Wildman–Crippen LogP) is 1.56. The van der Waals surface area contributed by atoms with Crippen molar-refractivity contribution in [3.05, 3.63) is 0 Å². The summed E-state index contributed by atoms with van der Waals surface area (Å²) < 4.78 is 0. The van der Waals surface area contributed by atoms with Gasteiger partial charge in [0.1, 0.15) is 0 Å². The summed E-state index contributed by atoms with van der Waals surface area (Å²) in [4.78, 5) is 6.68. The second-order valence-electron chi connectivity index (χ2n) is 4.58. The third-order valence-electron chi connectivity index (χ3n) is 3.00. The SMILES string of the molecule is CC(C)C(C)CNC1=NCCCN1C. The number of nitrogens with zero attached hydrogens (tertiary/aromatic N) is 2. The maximum atomic E-state index is 4.47. The lowest BCUT2D eigenvalue weighted by atomic mass is 9.98. The van der Waals surface area contributed by atoms with Crippen LogP contribution in [0, 0.1) is 11.8 Å². The topological polar surface area (TPSA) is 27.6 Å². The predicted molar refractivity (Wildman–Crippen MR) is 61.6 cm³/mol. The number of nitrogens with one attached hydrogen (secondary N) is 1. The van der Waals surface area contributed by atoms with Gasteiger partial charge in [0, 0.05) is 26.7 Å². The lowest BCUT2D eigenvalue weighted by Crippen LogP contribution is -2.44. The summed E-state index contributed by atoms with van der Waals surface area (Å²) in [6.07, 6.45) is 1.18. The van der Waals surface area contributed by atoms with Crippen molar-refractivity contribution >= 4 is 5.96 Å². The van der Waals surface area contributed by atoms with Gasteiger partial charge >= 0.3 is 0 Å². The summed E-state index contributed by atoms with van der Waals surface area (Å²) in [7, 11) is 2.10. The van der Waals surface area contributed by atoms with Crippen molar-refractivity contribution < 1.29 is 0 Å². The Morgan fingerprint density at radius 1 is 1.43 bits per heavy atom. The van der Waals surface area contributed by atoms with Crippen LogP contribution in [0.15, 0.2) is 4.99 Å². The van der Waals surface area contributed by atoms with Crippen LogP contribution in [-0.4, -0.2) is 37.5 Å². The van der Waals surface area contributed by atoms with Crippen molar-refractivity contribution in [1.82, 2.24) is 10.2 Å². The minimum Gasteiger partial charge on any atom is -0.356 e. The molecule has 3 heteroatoms. The lowest BCUT2D eigenvalue weighted by Gasteiger charge is -2.27. The van der Waals surface area contributed by atoms with Gasteiger partial charge in [0.2, 0.25) is 0 Å². The van der Waals surface area contributed by atoms with E-state index in [9.17, 15) is 0 Å². The Kier molecular flexibility index (Phi) is 4.23. The molecule has 0 fully saturated rings. The van der Waals surface area contributed by atoms with Crippen LogP contribution in [0.3, 0.4) is 0 Å². The largest absolute Gasteiger partial charge is 0.356 e. The summed E-state index contributed by atoms with van der Waals surface area (Å²) in [6.45, 7) is 9.93. The molecule has 0 aromatic heterocycles. The Bertz CT molecular complexity index is 199. The molecule has 1 N–H and O–H groups in total. The number of hydrogen-bond donors (Lipinski definition) is 1. The first-order valence-corrected chi connectivity index (χ1v) is 5.60. The molecule has 0 spiro atoms. The fourth-order valence-electron chi connectivity index (χ4n) is 1.40. The smallest absolute Gasteiger partial charge is 0.193 e. The van der Waals surface area contributed by atoms with E-state index >= 15 is 0 Å². The van der Waals surface area contributed by atoms with Crippen LogP contribution in [0.25, 0.3) is 0 Å². The van der Waals surface area contributed by atoms with Gasteiger partial charge in [0.15, 0.2) is 5.96 Å². The molecule has 1 aliphatic heterocycles.